The third-order valence-electron chi connectivity index (χ3n) is 5.80. The summed E-state index contributed by atoms with van der Waals surface area (Å²) in [5.74, 6) is -1.63. The smallest absolute Gasteiger partial charge is 0.255 e. The van der Waals surface area contributed by atoms with Crippen molar-refractivity contribution in [1.82, 2.24) is 4.72 Å². The summed E-state index contributed by atoms with van der Waals surface area (Å²) in [6.07, 6.45) is 3.72. The van der Waals surface area contributed by atoms with Gasteiger partial charge >= 0.3 is 0 Å². The van der Waals surface area contributed by atoms with Crippen LogP contribution >= 0.6 is 11.6 Å². The molecule has 0 aliphatic heterocycles. The van der Waals surface area contributed by atoms with Gasteiger partial charge in [0.15, 0.2) is 0 Å². The number of sulfonamides is 1. The van der Waals surface area contributed by atoms with Crippen molar-refractivity contribution in [1.29, 1.82) is 0 Å². The van der Waals surface area contributed by atoms with Gasteiger partial charge in [-0.25, -0.2) is 21.9 Å². The summed E-state index contributed by atoms with van der Waals surface area (Å²) in [6, 6.07) is 5.66. The molecule has 0 saturated heterocycles. The van der Waals surface area contributed by atoms with Crippen molar-refractivity contribution < 1.29 is 22.0 Å². The number of anilines is 1. The van der Waals surface area contributed by atoms with Gasteiger partial charge in [-0.2, -0.15) is 0 Å². The zero-order chi connectivity index (χ0) is 21.5. The number of nitrogens with one attached hydrogen (secondary N) is 2. The fourth-order valence-electron chi connectivity index (χ4n) is 4.31. The molecule has 2 aliphatic rings. The van der Waals surface area contributed by atoms with Crippen LogP contribution in [-0.2, 0) is 16.4 Å². The van der Waals surface area contributed by atoms with Gasteiger partial charge in [-0.05, 0) is 61.6 Å². The number of carbonyl (C=O) groups is 1. The van der Waals surface area contributed by atoms with Crippen molar-refractivity contribution in [3.05, 3.63) is 63.7 Å². The van der Waals surface area contributed by atoms with E-state index in [1.165, 1.54) is 24.3 Å². The predicted octanol–water partition coefficient (Wildman–Crippen LogP) is 4.72. The SMILES string of the molecule is O=C(Nc1ccc(F)c(Cl)c1)c1ccc(F)c2c1CC[C@@H]2NS(=O)(=O)C1CCCC1. The maximum Gasteiger partial charge on any atom is 0.255 e. The summed E-state index contributed by atoms with van der Waals surface area (Å²) >= 11 is 5.75. The van der Waals surface area contributed by atoms with Crippen LogP contribution in [0.5, 0.6) is 0 Å². The molecule has 0 bridgehead atoms. The van der Waals surface area contributed by atoms with Gasteiger partial charge in [0.05, 0.1) is 16.3 Å². The van der Waals surface area contributed by atoms with Crippen LogP contribution in [0.4, 0.5) is 14.5 Å². The molecule has 2 aliphatic carbocycles. The Morgan fingerprint density at radius 1 is 1.03 bits per heavy atom. The summed E-state index contributed by atoms with van der Waals surface area (Å²) in [4.78, 5) is 12.8. The highest BCUT2D eigenvalue weighted by atomic mass is 35.5. The van der Waals surface area contributed by atoms with E-state index >= 15 is 0 Å². The molecule has 1 fully saturated rings. The summed E-state index contributed by atoms with van der Waals surface area (Å²) in [6.45, 7) is 0. The molecule has 9 heteroatoms. The maximum absolute atomic E-state index is 14.6. The van der Waals surface area contributed by atoms with Crippen LogP contribution in [0.15, 0.2) is 30.3 Å². The third-order valence-corrected chi connectivity index (χ3v) is 8.06. The Balaban J connectivity index is 1.59. The highest BCUT2D eigenvalue weighted by Crippen LogP contribution is 2.37. The van der Waals surface area contributed by atoms with Crippen LogP contribution in [0.2, 0.25) is 5.02 Å². The fraction of sp³-hybridized carbons (Fsp3) is 0.381. The Bertz CT molecular complexity index is 1100. The second-order valence-electron chi connectivity index (χ2n) is 7.73. The largest absolute Gasteiger partial charge is 0.322 e. The van der Waals surface area contributed by atoms with Crippen molar-refractivity contribution in [2.24, 2.45) is 0 Å². The van der Waals surface area contributed by atoms with Crippen LogP contribution in [0.3, 0.4) is 0 Å². The molecule has 1 saturated carbocycles. The molecule has 2 N–H and O–H groups in total. The van der Waals surface area contributed by atoms with Gasteiger partial charge < -0.3 is 5.32 Å². The summed E-state index contributed by atoms with van der Waals surface area (Å²) in [5, 5.41) is 2.06. The minimum absolute atomic E-state index is 0.126. The average molecular weight is 455 g/mol. The molecular weight excluding hydrogens is 434 g/mol. The fourth-order valence-corrected chi connectivity index (χ4v) is 6.27. The highest BCUT2D eigenvalue weighted by Gasteiger charge is 2.36. The Kier molecular flexibility index (Phi) is 5.83. The molecule has 0 unspecified atom stereocenters. The molecule has 5 nitrogen and oxygen atoms in total. The Labute approximate surface area is 178 Å². The number of hydrogen-bond acceptors (Lipinski definition) is 3. The molecule has 2 aromatic carbocycles. The van der Waals surface area contributed by atoms with Crippen LogP contribution in [0.1, 0.15) is 59.6 Å². The van der Waals surface area contributed by atoms with Crippen molar-refractivity contribution >= 4 is 33.2 Å². The summed E-state index contributed by atoms with van der Waals surface area (Å²) in [7, 11) is -3.56. The molecule has 2 aromatic rings. The minimum atomic E-state index is -3.56. The number of amides is 1. The van der Waals surface area contributed by atoms with Gasteiger partial charge in [-0.3, -0.25) is 4.79 Å². The van der Waals surface area contributed by atoms with Gasteiger partial charge in [-0.1, -0.05) is 24.4 Å². The van der Waals surface area contributed by atoms with E-state index in [4.69, 9.17) is 11.6 Å². The maximum atomic E-state index is 14.6. The van der Waals surface area contributed by atoms with Gasteiger partial charge in [0.25, 0.3) is 5.91 Å². The normalized spacial score (nSPS) is 19.1. The van der Waals surface area contributed by atoms with E-state index in [2.05, 4.69) is 10.0 Å². The summed E-state index contributed by atoms with van der Waals surface area (Å²) < 4.78 is 56.0. The monoisotopic (exact) mass is 454 g/mol. The van der Waals surface area contributed by atoms with Crippen molar-refractivity contribution in [3.8, 4) is 0 Å². The van der Waals surface area contributed by atoms with Crippen molar-refractivity contribution in [2.45, 2.75) is 49.8 Å². The minimum Gasteiger partial charge on any atom is -0.322 e. The van der Waals surface area contributed by atoms with Gasteiger partial charge in [0.2, 0.25) is 10.0 Å². The molecule has 0 aromatic heterocycles. The van der Waals surface area contributed by atoms with E-state index in [-0.39, 0.29) is 16.1 Å². The number of halogens is 3. The first-order valence-electron chi connectivity index (χ1n) is 9.85. The lowest BCUT2D eigenvalue weighted by molar-refractivity contribution is 0.102. The van der Waals surface area contributed by atoms with E-state index in [0.717, 1.165) is 18.9 Å². The molecule has 30 heavy (non-hydrogen) atoms. The Hall–Kier alpha value is -2.03. The topological polar surface area (TPSA) is 75.3 Å². The zero-order valence-electron chi connectivity index (χ0n) is 16.1. The van der Waals surface area contributed by atoms with E-state index < -0.39 is 38.9 Å². The molecule has 0 heterocycles. The molecule has 1 amide bonds. The first-order valence-corrected chi connectivity index (χ1v) is 11.8. The summed E-state index contributed by atoms with van der Waals surface area (Å²) in [5.41, 5.74) is 1.27. The molecule has 0 spiro atoms. The average Bonchev–Trinajstić information content (AvgIpc) is 3.36. The molecule has 4 rings (SSSR count). The zero-order valence-corrected chi connectivity index (χ0v) is 17.6. The van der Waals surface area contributed by atoms with E-state index in [9.17, 15) is 22.0 Å². The quantitative estimate of drug-likeness (QED) is 0.686. The van der Waals surface area contributed by atoms with E-state index in [0.29, 0.717) is 36.9 Å². The van der Waals surface area contributed by atoms with Crippen LogP contribution in [-0.4, -0.2) is 19.6 Å². The third kappa shape index (κ3) is 4.08. The number of fused-ring (bicyclic) bond motifs is 1. The van der Waals surface area contributed by atoms with E-state index in [1.54, 1.807) is 0 Å². The molecule has 0 radical (unpaired) electrons. The highest BCUT2D eigenvalue weighted by molar-refractivity contribution is 7.90. The second-order valence-corrected chi connectivity index (χ2v) is 10.1. The lowest BCUT2D eigenvalue weighted by atomic mass is 10.0. The van der Waals surface area contributed by atoms with Gasteiger partial charge in [0.1, 0.15) is 11.6 Å². The van der Waals surface area contributed by atoms with Crippen LogP contribution in [0.25, 0.3) is 0 Å². The first kappa shape index (κ1) is 21.2. The molecule has 160 valence electrons. The Morgan fingerprint density at radius 2 is 1.73 bits per heavy atom. The lowest BCUT2D eigenvalue weighted by Gasteiger charge is -2.19. The second kappa shape index (κ2) is 8.24. The van der Waals surface area contributed by atoms with Crippen LogP contribution < -0.4 is 10.0 Å². The number of benzene rings is 2. The van der Waals surface area contributed by atoms with Crippen LogP contribution in [0, 0.1) is 11.6 Å². The predicted molar refractivity (Wildman–Crippen MR) is 111 cm³/mol. The van der Waals surface area contributed by atoms with Crippen molar-refractivity contribution in [3.63, 3.8) is 0 Å². The number of carbonyl (C=O) groups excluding carboxylic acids is 1. The number of hydrogen-bond donors (Lipinski definition) is 2. The lowest BCUT2D eigenvalue weighted by Crippen LogP contribution is -2.35. The van der Waals surface area contributed by atoms with E-state index in [1.807, 2.05) is 0 Å². The van der Waals surface area contributed by atoms with Crippen molar-refractivity contribution in [2.75, 3.05) is 5.32 Å². The van der Waals surface area contributed by atoms with Gasteiger partial charge in [-0.15, -0.1) is 0 Å². The molecule has 1 atom stereocenters. The molecular formula is C21H21ClF2N2O3S. The Morgan fingerprint density at radius 3 is 2.43 bits per heavy atom. The number of rotatable bonds is 5. The van der Waals surface area contributed by atoms with Gasteiger partial charge in [0, 0.05) is 16.8 Å². The first-order chi connectivity index (χ1) is 14.3. The standard InChI is InChI=1S/C21H21ClF2N2O3S/c22-16-11-12(5-8-17(16)23)25-21(27)15-6-9-18(24)20-14(15)7-10-19(20)26-30(28,29)13-3-1-2-4-13/h5-6,8-9,11,13,19,26H,1-4,7,10H2,(H,25,27)/t19-/m0/s1.